The minimum atomic E-state index is -0.274. The van der Waals surface area contributed by atoms with Crippen LogP contribution >= 0.6 is 0 Å². The summed E-state index contributed by atoms with van der Waals surface area (Å²) in [5.41, 5.74) is 5.95. The summed E-state index contributed by atoms with van der Waals surface area (Å²) < 4.78 is 18.9. The molecule has 0 saturated heterocycles. The largest absolute Gasteiger partial charge is 0.490 e. The van der Waals surface area contributed by atoms with E-state index in [1.165, 1.54) is 12.5 Å². The van der Waals surface area contributed by atoms with Crippen molar-refractivity contribution in [1.82, 2.24) is 0 Å². The van der Waals surface area contributed by atoms with E-state index < -0.39 is 0 Å². The van der Waals surface area contributed by atoms with E-state index in [1.807, 2.05) is 0 Å². The Morgan fingerprint density at radius 3 is 2.79 bits per heavy atom. The second-order valence-corrected chi connectivity index (χ2v) is 3.59. The van der Waals surface area contributed by atoms with Gasteiger partial charge in [0.15, 0.2) is 0 Å². The Kier molecular flexibility index (Phi) is 2.68. The third-order valence-corrected chi connectivity index (χ3v) is 2.63. The van der Waals surface area contributed by atoms with Gasteiger partial charge in [-0.2, -0.15) is 0 Å². The molecule has 0 unspecified atom stereocenters. The normalized spacial score (nSPS) is 16.4. The SMILES string of the molecule is NCc1c(F)cccc1OC1CCC1. The highest BCUT2D eigenvalue weighted by atomic mass is 19.1. The van der Waals surface area contributed by atoms with Crippen LogP contribution in [0.3, 0.4) is 0 Å². The average Bonchev–Trinajstić information content (AvgIpc) is 2.11. The van der Waals surface area contributed by atoms with Gasteiger partial charge < -0.3 is 10.5 Å². The molecule has 3 heteroatoms. The molecule has 0 spiro atoms. The summed E-state index contributed by atoms with van der Waals surface area (Å²) in [7, 11) is 0. The van der Waals surface area contributed by atoms with Gasteiger partial charge in [0.2, 0.25) is 0 Å². The van der Waals surface area contributed by atoms with Crippen molar-refractivity contribution >= 4 is 0 Å². The van der Waals surface area contributed by atoms with Gasteiger partial charge in [0, 0.05) is 12.1 Å². The van der Waals surface area contributed by atoms with E-state index in [1.54, 1.807) is 12.1 Å². The minimum absolute atomic E-state index is 0.189. The summed E-state index contributed by atoms with van der Waals surface area (Å²) in [5.74, 6) is 0.335. The quantitative estimate of drug-likeness (QED) is 0.802. The third kappa shape index (κ3) is 1.73. The maximum atomic E-state index is 13.3. The van der Waals surface area contributed by atoms with Crippen LogP contribution in [0, 0.1) is 5.82 Å². The molecule has 1 aliphatic rings. The van der Waals surface area contributed by atoms with Gasteiger partial charge in [0.1, 0.15) is 11.6 Å². The fourth-order valence-corrected chi connectivity index (χ4v) is 1.52. The molecule has 0 aliphatic heterocycles. The zero-order chi connectivity index (χ0) is 9.97. The molecule has 1 fully saturated rings. The Bertz CT molecular complexity index is 323. The molecular formula is C11H14FNO. The van der Waals surface area contributed by atoms with Crippen molar-refractivity contribution in [2.45, 2.75) is 31.9 Å². The molecule has 2 rings (SSSR count). The topological polar surface area (TPSA) is 35.2 Å². The maximum Gasteiger partial charge on any atom is 0.131 e. The van der Waals surface area contributed by atoms with Crippen molar-refractivity contribution in [1.29, 1.82) is 0 Å². The van der Waals surface area contributed by atoms with Crippen LogP contribution < -0.4 is 10.5 Å². The first kappa shape index (κ1) is 9.46. The van der Waals surface area contributed by atoms with Gasteiger partial charge in [-0.1, -0.05) is 6.07 Å². The van der Waals surface area contributed by atoms with Gasteiger partial charge in [0.05, 0.1) is 6.10 Å². The van der Waals surface area contributed by atoms with Crippen LogP contribution in [-0.4, -0.2) is 6.10 Å². The Hall–Kier alpha value is -1.09. The van der Waals surface area contributed by atoms with E-state index >= 15 is 0 Å². The highest BCUT2D eigenvalue weighted by molar-refractivity contribution is 5.34. The van der Waals surface area contributed by atoms with Crippen LogP contribution in [0.15, 0.2) is 18.2 Å². The number of hydrogen-bond acceptors (Lipinski definition) is 2. The second-order valence-electron chi connectivity index (χ2n) is 3.59. The predicted molar refractivity (Wildman–Crippen MR) is 52.6 cm³/mol. The van der Waals surface area contributed by atoms with Crippen molar-refractivity contribution in [2.75, 3.05) is 0 Å². The molecule has 2 N–H and O–H groups in total. The predicted octanol–water partition coefficient (Wildman–Crippen LogP) is 2.22. The van der Waals surface area contributed by atoms with E-state index in [0.29, 0.717) is 11.3 Å². The Labute approximate surface area is 82.9 Å². The molecule has 0 aromatic heterocycles. The Morgan fingerprint density at radius 2 is 2.21 bits per heavy atom. The number of hydrogen-bond donors (Lipinski definition) is 1. The van der Waals surface area contributed by atoms with Crippen LogP contribution in [0.25, 0.3) is 0 Å². The van der Waals surface area contributed by atoms with Crippen LogP contribution in [0.5, 0.6) is 5.75 Å². The third-order valence-electron chi connectivity index (χ3n) is 2.63. The molecule has 1 aromatic rings. The monoisotopic (exact) mass is 195 g/mol. The smallest absolute Gasteiger partial charge is 0.131 e. The number of ether oxygens (including phenoxy) is 1. The highest BCUT2D eigenvalue weighted by Crippen LogP contribution is 2.28. The summed E-state index contributed by atoms with van der Waals surface area (Å²) in [6.07, 6.45) is 3.61. The van der Waals surface area contributed by atoms with E-state index in [2.05, 4.69) is 0 Å². The van der Waals surface area contributed by atoms with Crippen LogP contribution in [-0.2, 0) is 6.54 Å². The summed E-state index contributed by atoms with van der Waals surface area (Å²) in [6.45, 7) is 0.189. The van der Waals surface area contributed by atoms with Crippen LogP contribution in [0.1, 0.15) is 24.8 Å². The fraction of sp³-hybridized carbons (Fsp3) is 0.455. The zero-order valence-corrected chi connectivity index (χ0v) is 8.00. The molecule has 1 saturated carbocycles. The molecule has 1 aliphatic carbocycles. The molecule has 14 heavy (non-hydrogen) atoms. The van der Waals surface area contributed by atoms with Gasteiger partial charge in [-0.25, -0.2) is 4.39 Å². The summed E-state index contributed by atoms with van der Waals surface area (Å²) >= 11 is 0. The standard InChI is InChI=1S/C11H14FNO/c12-10-5-2-6-11(9(10)7-13)14-8-3-1-4-8/h2,5-6,8H,1,3-4,7,13H2. The number of benzene rings is 1. The maximum absolute atomic E-state index is 13.3. The zero-order valence-electron chi connectivity index (χ0n) is 8.00. The van der Waals surface area contributed by atoms with Crippen LogP contribution in [0.2, 0.25) is 0 Å². The number of halogens is 1. The fourth-order valence-electron chi connectivity index (χ4n) is 1.52. The second kappa shape index (κ2) is 3.96. The van der Waals surface area contributed by atoms with Gasteiger partial charge in [-0.3, -0.25) is 0 Å². The molecule has 0 radical (unpaired) electrons. The average molecular weight is 195 g/mol. The minimum Gasteiger partial charge on any atom is -0.490 e. The molecule has 0 atom stereocenters. The highest BCUT2D eigenvalue weighted by Gasteiger charge is 2.20. The first-order chi connectivity index (χ1) is 6.81. The molecule has 2 nitrogen and oxygen atoms in total. The van der Waals surface area contributed by atoms with E-state index in [9.17, 15) is 4.39 Å². The lowest BCUT2D eigenvalue weighted by atomic mass is 9.96. The summed E-state index contributed by atoms with van der Waals surface area (Å²) in [4.78, 5) is 0. The van der Waals surface area contributed by atoms with Crippen molar-refractivity contribution in [3.8, 4) is 5.75 Å². The summed E-state index contributed by atoms with van der Waals surface area (Å²) in [5, 5.41) is 0. The van der Waals surface area contributed by atoms with Gasteiger partial charge >= 0.3 is 0 Å². The van der Waals surface area contributed by atoms with Crippen LogP contribution in [0.4, 0.5) is 4.39 Å². The molecule has 0 bridgehead atoms. The Balaban J connectivity index is 2.17. The lowest BCUT2D eigenvalue weighted by Gasteiger charge is -2.27. The van der Waals surface area contributed by atoms with E-state index in [4.69, 9.17) is 10.5 Å². The lowest BCUT2D eigenvalue weighted by Crippen LogP contribution is -2.25. The molecule has 1 aromatic carbocycles. The summed E-state index contributed by atoms with van der Waals surface area (Å²) in [6, 6.07) is 4.85. The first-order valence-electron chi connectivity index (χ1n) is 4.95. The number of nitrogens with two attached hydrogens (primary N) is 1. The Morgan fingerprint density at radius 1 is 1.43 bits per heavy atom. The van der Waals surface area contributed by atoms with Gasteiger partial charge in [-0.15, -0.1) is 0 Å². The van der Waals surface area contributed by atoms with Gasteiger partial charge in [0.25, 0.3) is 0 Å². The van der Waals surface area contributed by atoms with E-state index in [-0.39, 0.29) is 18.5 Å². The molecule has 0 amide bonds. The van der Waals surface area contributed by atoms with Crippen molar-refractivity contribution in [3.05, 3.63) is 29.6 Å². The van der Waals surface area contributed by atoms with E-state index in [0.717, 1.165) is 12.8 Å². The van der Waals surface area contributed by atoms with Crippen molar-refractivity contribution < 1.29 is 9.13 Å². The molecule has 76 valence electrons. The van der Waals surface area contributed by atoms with Gasteiger partial charge in [-0.05, 0) is 31.4 Å². The molecule has 0 heterocycles. The lowest BCUT2D eigenvalue weighted by molar-refractivity contribution is 0.118. The first-order valence-corrected chi connectivity index (χ1v) is 4.95. The molecular weight excluding hydrogens is 181 g/mol. The van der Waals surface area contributed by atoms with Crippen molar-refractivity contribution in [3.63, 3.8) is 0 Å². The van der Waals surface area contributed by atoms with Crippen molar-refractivity contribution in [2.24, 2.45) is 5.73 Å². The number of rotatable bonds is 3.